The molecule has 82 valence electrons. The van der Waals surface area contributed by atoms with Gasteiger partial charge in [0.05, 0.1) is 19.3 Å². The highest BCUT2D eigenvalue weighted by atomic mass is 35.5. The number of allylic oxidation sites excluding steroid dienone is 1. The van der Waals surface area contributed by atoms with E-state index >= 15 is 0 Å². The van der Waals surface area contributed by atoms with Crippen molar-refractivity contribution in [2.75, 3.05) is 13.7 Å². The number of hydrogen-bond donors (Lipinski definition) is 1. The number of ether oxygens (including phenoxy) is 2. The lowest BCUT2D eigenvalue weighted by Gasteiger charge is -2.20. The molecule has 2 aliphatic rings. The van der Waals surface area contributed by atoms with Gasteiger partial charge in [-0.15, -0.1) is 12.4 Å². The number of Topliss-reactive ketones (excluding diaryl/α,β-unsaturated/α-hetero) is 1. The van der Waals surface area contributed by atoms with E-state index in [4.69, 9.17) is 14.9 Å². The summed E-state index contributed by atoms with van der Waals surface area (Å²) >= 11 is 0. The molecule has 0 aromatic heterocycles. The second-order valence-electron chi connectivity index (χ2n) is 3.31. The van der Waals surface area contributed by atoms with Crippen LogP contribution in [0.3, 0.4) is 0 Å². The Labute approximate surface area is 93.9 Å². The monoisotopic (exact) mass is 229 g/mol. The van der Waals surface area contributed by atoms with Gasteiger partial charge in [-0.05, 0) is 0 Å². The Balaban J connectivity index is 0.00000112. The van der Waals surface area contributed by atoms with E-state index in [2.05, 4.69) is 0 Å². The molecule has 2 atom stereocenters. The number of ketones is 1. The Morgan fingerprint density at radius 2 is 2.40 bits per heavy atom. The fourth-order valence-corrected chi connectivity index (χ4v) is 1.68. The molecule has 1 N–H and O–H groups in total. The van der Waals surface area contributed by atoms with Gasteiger partial charge in [0.25, 0.3) is 0 Å². The molecule has 4 nitrogen and oxygen atoms in total. The zero-order chi connectivity index (χ0) is 10.1. The summed E-state index contributed by atoms with van der Waals surface area (Å²) in [5.74, 6) is -0.760. The van der Waals surface area contributed by atoms with Crippen molar-refractivity contribution < 1.29 is 14.3 Å². The molecule has 0 fully saturated rings. The van der Waals surface area contributed by atoms with Crippen molar-refractivity contribution in [3.05, 3.63) is 24.0 Å². The van der Waals surface area contributed by atoms with Gasteiger partial charge in [0, 0.05) is 5.57 Å². The number of rotatable bonds is 1. The summed E-state index contributed by atoms with van der Waals surface area (Å²) in [5, 5.41) is 7.46. The maximum Gasteiger partial charge on any atom is 0.194 e. The molecule has 0 saturated heterocycles. The molecule has 0 saturated carbocycles. The van der Waals surface area contributed by atoms with E-state index in [9.17, 15) is 4.79 Å². The summed E-state index contributed by atoms with van der Waals surface area (Å²) < 4.78 is 9.84. The number of methoxy groups -OCH3 is 1. The summed E-state index contributed by atoms with van der Waals surface area (Å²) in [7, 11) is 1.40. The molecule has 2 rings (SSSR count). The van der Waals surface area contributed by atoms with Crippen molar-refractivity contribution in [1.82, 2.24) is 0 Å². The van der Waals surface area contributed by atoms with Crippen molar-refractivity contribution in [2.24, 2.45) is 11.8 Å². The largest absolute Gasteiger partial charge is 0.500 e. The molecule has 0 aromatic carbocycles. The smallest absolute Gasteiger partial charge is 0.194 e. The van der Waals surface area contributed by atoms with Crippen LogP contribution in [0.4, 0.5) is 0 Å². The van der Waals surface area contributed by atoms with Gasteiger partial charge in [-0.1, -0.05) is 12.2 Å². The fourth-order valence-electron chi connectivity index (χ4n) is 1.68. The SMILES string of the molecule is COC(=N)C1C=CC2=COCC2C1=O.Cl. The first kappa shape index (κ1) is 11.8. The minimum Gasteiger partial charge on any atom is -0.500 e. The molecule has 1 aliphatic carbocycles. The van der Waals surface area contributed by atoms with Crippen LogP contribution in [0.5, 0.6) is 0 Å². The van der Waals surface area contributed by atoms with Crippen LogP contribution in [0.15, 0.2) is 24.0 Å². The van der Waals surface area contributed by atoms with Crippen LogP contribution in [-0.4, -0.2) is 25.4 Å². The van der Waals surface area contributed by atoms with Gasteiger partial charge in [0.2, 0.25) is 0 Å². The Bertz CT molecular complexity index is 349. The van der Waals surface area contributed by atoms with Crippen LogP contribution < -0.4 is 0 Å². The molecule has 15 heavy (non-hydrogen) atoms. The van der Waals surface area contributed by atoms with E-state index in [0.29, 0.717) is 6.61 Å². The van der Waals surface area contributed by atoms with Crippen molar-refractivity contribution in [1.29, 1.82) is 5.41 Å². The van der Waals surface area contributed by atoms with Crippen LogP contribution in [0.1, 0.15) is 0 Å². The highest BCUT2D eigenvalue weighted by Gasteiger charge is 2.36. The Morgan fingerprint density at radius 3 is 3.07 bits per heavy atom. The van der Waals surface area contributed by atoms with Crippen LogP contribution in [-0.2, 0) is 14.3 Å². The highest BCUT2D eigenvalue weighted by Crippen LogP contribution is 2.29. The molecular weight excluding hydrogens is 218 g/mol. The van der Waals surface area contributed by atoms with Crippen molar-refractivity contribution in [3.8, 4) is 0 Å². The predicted molar refractivity (Wildman–Crippen MR) is 57.1 cm³/mol. The van der Waals surface area contributed by atoms with Gasteiger partial charge >= 0.3 is 0 Å². The van der Waals surface area contributed by atoms with E-state index in [1.807, 2.05) is 6.08 Å². The van der Waals surface area contributed by atoms with Gasteiger partial charge in [-0.3, -0.25) is 10.2 Å². The lowest BCUT2D eigenvalue weighted by molar-refractivity contribution is -0.123. The Morgan fingerprint density at radius 1 is 1.67 bits per heavy atom. The fraction of sp³-hybridized carbons (Fsp3) is 0.400. The Kier molecular flexibility index (Phi) is 3.52. The molecular formula is C10H12ClNO3. The second-order valence-corrected chi connectivity index (χ2v) is 3.31. The van der Waals surface area contributed by atoms with Crippen molar-refractivity contribution in [3.63, 3.8) is 0 Å². The number of hydrogen-bond acceptors (Lipinski definition) is 4. The van der Waals surface area contributed by atoms with Crippen LogP contribution in [0.2, 0.25) is 0 Å². The third-order valence-corrected chi connectivity index (χ3v) is 2.52. The summed E-state index contributed by atoms with van der Waals surface area (Å²) in [6.45, 7) is 0.395. The molecule has 0 amide bonds. The minimum atomic E-state index is -0.538. The van der Waals surface area contributed by atoms with E-state index in [0.717, 1.165) is 5.57 Å². The van der Waals surface area contributed by atoms with Gasteiger partial charge in [0.15, 0.2) is 11.7 Å². The summed E-state index contributed by atoms with van der Waals surface area (Å²) in [6.07, 6.45) is 5.12. The molecule has 5 heteroatoms. The number of carbonyl (C=O) groups is 1. The lowest BCUT2D eigenvalue weighted by Crippen LogP contribution is -2.32. The van der Waals surface area contributed by atoms with Gasteiger partial charge in [-0.25, -0.2) is 0 Å². The Hall–Kier alpha value is -1.29. The topological polar surface area (TPSA) is 59.4 Å². The maximum atomic E-state index is 11.8. The van der Waals surface area contributed by atoms with E-state index in [-0.39, 0.29) is 30.0 Å². The third kappa shape index (κ3) is 1.90. The summed E-state index contributed by atoms with van der Waals surface area (Å²) in [4.78, 5) is 11.8. The second kappa shape index (κ2) is 4.49. The van der Waals surface area contributed by atoms with E-state index in [1.165, 1.54) is 7.11 Å². The molecule has 0 radical (unpaired) electrons. The number of nitrogens with one attached hydrogen (secondary N) is 1. The maximum absolute atomic E-state index is 11.8. The number of halogens is 1. The zero-order valence-electron chi connectivity index (χ0n) is 8.23. The average Bonchev–Trinajstić information content (AvgIpc) is 2.66. The standard InChI is InChI=1S/C10H11NO3.ClH/c1-13-10(11)7-3-2-6-4-14-5-8(6)9(7)12;/h2-4,7-8,11H,5H2,1H3;1H. The molecule has 1 heterocycles. The molecule has 0 spiro atoms. The van der Waals surface area contributed by atoms with Crippen LogP contribution >= 0.6 is 12.4 Å². The normalized spacial score (nSPS) is 27.3. The number of fused-ring (bicyclic) bond motifs is 1. The van der Waals surface area contributed by atoms with Gasteiger partial charge < -0.3 is 9.47 Å². The minimum absolute atomic E-state index is 0. The van der Waals surface area contributed by atoms with E-state index < -0.39 is 5.92 Å². The van der Waals surface area contributed by atoms with Crippen molar-refractivity contribution in [2.45, 2.75) is 0 Å². The molecule has 0 bridgehead atoms. The van der Waals surface area contributed by atoms with E-state index in [1.54, 1.807) is 12.3 Å². The van der Waals surface area contributed by atoms with Crippen molar-refractivity contribution >= 4 is 24.1 Å². The average molecular weight is 230 g/mol. The first-order chi connectivity index (χ1) is 6.74. The summed E-state index contributed by atoms with van der Waals surface area (Å²) in [5.41, 5.74) is 0.898. The first-order valence-corrected chi connectivity index (χ1v) is 4.40. The predicted octanol–water partition coefficient (Wildman–Crippen LogP) is 1.32. The van der Waals surface area contributed by atoms with Crippen LogP contribution in [0, 0.1) is 17.2 Å². The zero-order valence-corrected chi connectivity index (χ0v) is 9.04. The highest BCUT2D eigenvalue weighted by molar-refractivity contribution is 6.05. The quantitative estimate of drug-likeness (QED) is 0.545. The third-order valence-electron chi connectivity index (χ3n) is 2.52. The molecule has 2 unspecified atom stereocenters. The van der Waals surface area contributed by atoms with Crippen LogP contribution in [0.25, 0.3) is 0 Å². The van der Waals surface area contributed by atoms with Gasteiger partial charge in [0.1, 0.15) is 12.5 Å². The molecule has 0 aromatic rings. The first-order valence-electron chi connectivity index (χ1n) is 4.40. The number of carbonyl (C=O) groups excluding carboxylic acids is 1. The summed E-state index contributed by atoms with van der Waals surface area (Å²) in [6, 6.07) is 0. The molecule has 1 aliphatic heterocycles. The lowest BCUT2D eigenvalue weighted by atomic mass is 9.83. The van der Waals surface area contributed by atoms with Gasteiger partial charge in [-0.2, -0.15) is 0 Å².